The van der Waals surface area contributed by atoms with Gasteiger partial charge in [-0.1, -0.05) is 67.6 Å². The Balaban J connectivity index is 1.32. The van der Waals surface area contributed by atoms with Gasteiger partial charge < -0.3 is 10.6 Å². The van der Waals surface area contributed by atoms with Crippen molar-refractivity contribution in [1.82, 2.24) is 10.6 Å². The van der Waals surface area contributed by atoms with Crippen molar-refractivity contribution in [3.05, 3.63) is 95.1 Å². The highest BCUT2D eigenvalue weighted by atomic mass is 16.2. The van der Waals surface area contributed by atoms with E-state index in [2.05, 4.69) is 60.0 Å². The highest BCUT2D eigenvalue weighted by Gasteiger charge is 2.23. The van der Waals surface area contributed by atoms with Crippen molar-refractivity contribution in [2.24, 2.45) is 0 Å². The van der Waals surface area contributed by atoms with Gasteiger partial charge in [0, 0.05) is 11.6 Å². The largest absolute Gasteiger partial charge is 0.351 e. The van der Waals surface area contributed by atoms with E-state index in [-0.39, 0.29) is 17.9 Å². The average molecular weight is 427 g/mol. The molecular formula is C28H30N2O2. The van der Waals surface area contributed by atoms with E-state index < -0.39 is 6.04 Å². The first kappa shape index (κ1) is 21.8. The second-order valence-electron chi connectivity index (χ2n) is 8.54. The molecule has 2 N–H and O–H groups in total. The fourth-order valence-electron chi connectivity index (χ4n) is 4.24. The number of benzene rings is 3. The Morgan fingerprint density at radius 2 is 1.53 bits per heavy atom. The summed E-state index contributed by atoms with van der Waals surface area (Å²) in [7, 11) is 0. The summed E-state index contributed by atoms with van der Waals surface area (Å²) in [4.78, 5) is 25.3. The van der Waals surface area contributed by atoms with Crippen LogP contribution in [0.1, 0.15) is 47.3 Å². The molecule has 0 aliphatic heterocycles. The molecule has 4 heteroatoms. The van der Waals surface area contributed by atoms with Crippen molar-refractivity contribution in [3.8, 4) is 11.1 Å². The molecule has 0 saturated heterocycles. The monoisotopic (exact) mass is 426 g/mol. The molecule has 0 radical (unpaired) electrons. The van der Waals surface area contributed by atoms with Gasteiger partial charge in [0.25, 0.3) is 5.91 Å². The van der Waals surface area contributed by atoms with Crippen LogP contribution >= 0.6 is 0 Å². The molecule has 4 rings (SSSR count). The third-order valence-electron chi connectivity index (χ3n) is 6.28. The van der Waals surface area contributed by atoms with Crippen molar-refractivity contribution >= 4 is 11.8 Å². The van der Waals surface area contributed by atoms with Gasteiger partial charge >= 0.3 is 0 Å². The summed E-state index contributed by atoms with van der Waals surface area (Å²) >= 11 is 0. The first-order chi connectivity index (χ1) is 15.5. The lowest BCUT2D eigenvalue weighted by Gasteiger charge is -2.26. The summed E-state index contributed by atoms with van der Waals surface area (Å²) < 4.78 is 0. The van der Waals surface area contributed by atoms with Crippen molar-refractivity contribution < 1.29 is 9.59 Å². The molecule has 0 heterocycles. The molecule has 2 atom stereocenters. The van der Waals surface area contributed by atoms with Gasteiger partial charge in [0.1, 0.15) is 6.04 Å². The third-order valence-corrected chi connectivity index (χ3v) is 6.28. The van der Waals surface area contributed by atoms with Gasteiger partial charge in [0.15, 0.2) is 0 Å². The van der Waals surface area contributed by atoms with E-state index in [1.165, 1.54) is 16.7 Å². The van der Waals surface area contributed by atoms with Crippen LogP contribution in [-0.4, -0.2) is 23.9 Å². The minimum Gasteiger partial charge on any atom is -0.351 e. The predicted octanol–water partition coefficient (Wildman–Crippen LogP) is 4.71. The Morgan fingerprint density at radius 1 is 0.906 bits per heavy atom. The summed E-state index contributed by atoms with van der Waals surface area (Å²) in [6, 6.07) is 23.8. The van der Waals surface area contributed by atoms with E-state index >= 15 is 0 Å². The van der Waals surface area contributed by atoms with E-state index in [0.717, 1.165) is 36.8 Å². The molecule has 0 bridgehead atoms. The van der Waals surface area contributed by atoms with Gasteiger partial charge in [-0.3, -0.25) is 9.59 Å². The lowest BCUT2D eigenvalue weighted by molar-refractivity contribution is -0.123. The number of carbonyl (C=O) groups excluding carboxylic acids is 2. The molecule has 0 spiro atoms. The van der Waals surface area contributed by atoms with Crippen LogP contribution in [0.3, 0.4) is 0 Å². The molecule has 0 fully saturated rings. The zero-order valence-electron chi connectivity index (χ0n) is 18.7. The first-order valence-corrected chi connectivity index (χ1v) is 11.4. The number of aryl methyl sites for hydroxylation is 2. The van der Waals surface area contributed by atoms with Crippen LogP contribution in [0.25, 0.3) is 11.1 Å². The summed E-state index contributed by atoms with van der Waals surface area (Å²) in [5.74, 6) is -0.384. The van der Waals surface area contributed by atoms with Gasteiger partial charge in [0.2, 0.25) is 5.91 Å². The summed E-state index contributed by atoms with van der Waals surface area (Å²) in [5, 5.41) is 5.93. The molecule has 164 valence electrons. The van der Waals surface area contributed by atoms with Crippen LogP contribution in [0.15, 0.2) is 72.8 Å². The standard InChI is InChI=1S/C28H30N2O2/c1-3-20-8-10-22(11-9-20)23-12-14-24(15-13-23)28(32)29-19(2)27(31)30-26-17-16-21-6-4-5-7-25(21)18-26/h4-15,19,26H,3,16-18H2,1-2H3,(H,29,32)(H,30,31). The van der Waals surface area contributed by atoms with Gasteiger partial charge in [-0.2, -0.15) is 0 Å². The molecular weight excluding hydrogens is 396 g/mol. The van der Waals surface area contributed by atoms with E-state index in [1.807, 2.05) is 18.2 Å². The van der Waals surface area contributed by atoms with E-state index in [1.54, 1.807) is 19.1 Å². The number of hydrogen-bond donors (Lipinski definition) is 2. The number of carbonyl (C=O) groups is 2. The molecule has 3 aromatic rings. The van der Waals surface area contributed by atoms with Crippen molar-refractivity contribution in [2.45, 2.75) is 51.6 Å². The van der Waals surface area contributed by atoms with Crippen LogP contribution < -0.4 is 10.6 Å². The second kappa shape index (κ2) is 9.82. The molecule has 1 aliphatic rings. The Bertz CT molecular complexity index is 1090. The Kier molecular flexibility index (Phi) is 6.69. The number of nitrogens with one attached hydrogen (secondary N) is 2. The van der Waals surface area contributed by atoms with E-state index in [9.17, 15) is 9.59 Å². The van der Waals surface area contributed by atoms with E-state index in [4.69, 9.17) is 0 Å². The molecule has 2 amide bonds. The SMILES string of the molecule is CCc1ccc(-c2ccc(C(=O)NC(C)C(=O)NC3CCc4ccccc4C3)cc2)cc1. The zero-order chi connectivity index (χ0) is 22.5. The van der Waals surface area contributed by atoms with Crippen molar-refractivity contribution in [2.75, 3.05) is 0 Å². The fourth-order valence-corrected chi connectivity index (χ4v) is 4.24. The smallest absolute Gasteiger partial charge is 0.251 e. The normalized spacial score (nSPS) is 16.0. The van der Waals surface area contributed by atoms with Gasteiger partial charge in [-0.15, -0.1) is 0 Å². The highest BCUT2D eigenvalue weighted by Crippen LogP contribution is 2.22. The maximum atomic E-state index is 12.7. The number of hydrogen-bond acceptors (Lipinski definition) is 2. The molecule has 4 nitrogen and oxygen atoms in total. The number of fused-ring (bicyclic) bond motifs is 1. The second-order valence-corrected chi connectivity index (χ2v) is 8.54. The van der Waals surface area contributed by atoms with Gasteiger partial charge in [0.05, 0.1) is 0 Å². The molecule has 1 aliphatic carbocycles. The molecule has 0 aromatic heterocycles. The van der Waals surface area contributed by atoms with E-state index in [0.29, 0.717) is 5.56 Å². The van der Waals surface area contributed by atoms with Crippen LogP contribution in [0, 0.1) is 0 Å². The lowest BCUT2D eigenvalue weighted by atomic mass is 9.88. The zero-order valence-corrected chi connectivity index (χ0v) is 18.7. The fraction of sp³-hybridized carbons (Fsp3) is 0.286. The van der Waals surface area contributed by atoms with Crippen molar-refractivity contribution in [3.63, 3.8) is 0 Å². The topological polar surface area (TPSA) is 58.2 Å². The molecule has 0 saturated carbocycles. The number of amides is 2. The van der Waals surface area contributed by atoms with Crippen LogP contribution in [0.2, 0.25) is 0 Å². The maximum Gasteiger partial charge on any atom is 0.251 e. The van der Waals surface area contributed by atoms with Crippen LogP contribution in [0.5, 0.6) is 0 Å². The minimum absolute atomic E-state index is 0.107. The first-order valence-electron chi connectivity index (χ1n) is 11.4. The summed E-state index contributed by atoms with van der Waals surface area (Å²) in [5.41, 5.74) is 6.69. The van der Waals surface area contributed by atoms with Crippen LogP contribution in [0.4, 0.5) is 0 Å². The van der Waals surface area contributed by atoms with Crippen molar-refractivity contribution in [1.29, 1.82) is 0 Å². The minimum atomic E-state index is -0.596. The molecule has 32 heavy (non-hydrogen) atoms. The lowest BCUT2D eigenvalue weighted by Crippen LogP contribution is -2.49. The Labute approximate surface area is 190 Å². The average Bonchev–Trinajstić information content (AvgIpc) is 2.84. The number of rotatable bonds is 6. The Morgan fingerprint density at radius 3 is 2.19 bits per heavy atom. The van der Waals surface area contributed by atoms with Gasteiger partial charge in [-0.05, 0) is 72.6 Å². The predicted molar refractivity (Wildman–Crippen MR) is 129 cm³/mol. The summed E-state index contributed by atoms with van der Waals surface area (Å²) in [6.07, 6.45) is 3.74. The van der Waals surface area contributed by atoms with Gasteiger partial charge in [-0.25, -0.2) is 0 Å². The quantitative estimate of drug-likeness (QED) is 0.600. The molecule has 3 aromatic carbocycles. The Hall–Kier alpha value is -3.40. The maximum absolute atomic E-state index is 12.7. The summed E-state index contributed by atoms with van der Waals surface area (Å²) in [6.45, 7) is 3.87. The van der Waals surface area contributed by atoms with Crippen LogP contribution in [-0.2, 0) is 24.1 Å². The molecule has 2 unspecified atom stereocenters. The third kappa shape index (κ3) is 5.08. The highest BCUT2D eigenvalue weighted by molar-refractivity contribution is 5.97.